The topological polar surface area (TPSA) is 43.8 Å². The second-order valence-corrected chi connectivity index (χ2v) is 4.15. The zero-order valence-corrected chi connectivity index (χ0v) is 9.59. The molecule has 17 heavy (non-hydrogen) atoms. The van der Waals surface area contributed by atoms with E-state index in [2.05, 4.69) is 28.6 Å². The van der Waals surface area contributed by atoms with Crippen molar-refractivity contribution < 1.29 is 0 Å². The van der Waals surface area contributed by atoms with E-state index in [1.807, 2.05) is 30.5 Å². The number of nitrogen functional groups attached to an aromatic ring is 1. The minimum Gasteiger partial charge on any atom is -0.397 e. The second-order valence-electron chi connectivity index (χ2n) is 4.15. The van der Waals surface area contributed by atoms with Crippen molar-refractivity contribution in [3.05, 3.63) is 54.4 Å². The molecule has 0 aliphatic rings. The number of benzene rings is 1. The van der Waals surface area contributed by atoms with Gasteiger partial charge in [-0.05, 0) is 30.7 Å². The Labute approximate surface area is 99.5 Å². The van der Waals surface area contributed by atoms with Crippen molar-refractivity contribution in [1.82, 2.24) is 9.55 Å². The third-order valence-corrected chi connectivity index (χ3v) is 2.92. The zero-order valence-electron chi connectivity index (χ0n) is 9.59. The number of anilines is 1. The molecule has 0 aliphatic carbocycles. The normalized spacial score (nSPS) is 10.9. The Kier molecular flexibility index (Phi) is 2.11. The highest BCUT2D eigenvalue weighted by Gasteiger charge is 2.06. The number of para-hydroxylation sites is 1. The van der Waals surface area contributed by atoms with Crippen LogP contribution in [0.2, 0.25) is 0 Å². The van der Waals surface area contributed by atoms with Crippen LogP contribution in [0.5, 0.6) is 0 Å². The SMILES string of the molecule is Cc1ccccc1-n1ccc2cc(N)cnc21. The summed E-state index contributed by atoms with van der Waals surface area (Å²) < 4.78 is 2.09. The lowest BCUT2D eigenvalue weighted by atomic mass is 10.2. The quantitative estimate of drug-likeness (QED) is 0.689. The van der Waals surface area contributed by atoms with E-state index < -0.39 is 0 Å². The number of pyridine rings is 1. The molecule has 1 aromatic carbocycles. The lowest BCUT2D eigenvalue weighted by molar-refractivity contribution is 1.07. The maximum atomic E-state index is 5.73. The third-order valence-electron chi connectivity index (χ3n) is 2.92. The Morgan fingerprint density at radius 2 is 2.00 bits per heavy atom. The van der Waals surface area contributed by atoms with Crippen molar-refractivity contribution in [2.75, 3.05) is 5.73 Å². The van der Waals surface area contributed by atoms with Crippen molar-refractivity contribution in [3.63, 3.8) is 0 Å². The number of rotatable bonds is 1. The summed E-state index contributed by atoms with van der Waals surface area (Å²) >= 11 is 0. The van der Waals surface area contributed by atoms with Gasteiger partial charge < -0.3 is 10.3 Å². The number of fused-ring (bicyclic) bond motifs is 1. The molecule has 84 valence electrons. The van der Waals surface area contributed by atoms with E-state index in [0.29, 0.717) is 5.69 Å². The predicted molar refractivity (Wildman–Crippen MR) is 70.2 cm³/mol. The largest absolute Gasteiger partial charge is 0.397 e. The molecular weight excluding hydrogens is 210 g/mol. The maximum absolute atomic E-state index is 5.73. The molecule has 0 bridgehead atoms. The van der Waals surface area contributed by atoms with Crippen LogP contribution < -0.4 is 5.73 Å². The molecule has 0 aliphatic heterocycles. The molecule has 2 N–H and O–H groups in total. The van der Waals surface area contributed by atoms with Crippen LogP contribution in [0, 0.1) is 6.92 Å². The smallest absolute Gasteiger partial charge is 0.144 e. The summed E-state index contributed by atoms with van der Waals surface area (Å²) in [5.41, 5.74) is 9.74. The van der Waals surface area contributed by atoms with Crippen molar-refractivity contribution in [1.29, 1.82) is 0 Å². The molecule has 0 fully saturated rings. The Bertz CT molecular complexity index is 683. The minimum atomic E-state index is 0.694. The highest BCUT2D eigenvalue weighted by atomic mass is 15.0. The van der Waals surface area contributed by atoms with Crippen LogP contribution in [0.25, 0.3) is 16.7 Å². The second kappa shape index (κ2) is 3.63. The summed E-state index contributed by atoms with van der Waals surface area (Å²) in [6.45, 7) is 2.10. The highest BCUT2D eigenvalue weighted by molar-refractivity contribution is 5.81. The van der Waals surface area contributed by atoms with Gasteiger partial charge in [0.05, 0.1) is 11.9 Å². The highest BCUT2D eigenvalue weighted by Crippen LogP contribution is 2.22. The first-order chi connectivity index (χ1) is 8.25. The van der Waals surface area contributed by atoms with Crippen molar-refractivity contribution in [2.45, 2.75) is 6.92 Å². The van der Waals surface area contributed by atoms with Gasteiger partial charge in [0.25, 0.3) is 0 Å². The van der Waals surface area contributed by atoms with Crippen LogP contribution in [-0.2, 0) is 0 Å². The standard InChI is InChI=1S/C14H13N3/c1-10-4-2-3-5-13(10)17-7-6-11-8-12(15)9-16-14(11)17/h2-9H,15H2,1H3. The summed E-state index contributed by atoms with van der Waals surface area (Å²) in [7, 11) is 0. The van der Waals surface area contributed by atoms with Gasteiger partial charge in [0.1, 0.15) is 5.65 Å². The molecule has 3 nitrogen and oxygen atoms in total. The van der Waals surface area contributed by atoms with Crippen molar-refractivity contribution in [3.8, 4) is 5.69 Å². The molecule has 0 spiro atoms. The summed E-state index contributed by atoms with van der Waals surface area (Å²) in [5, 5.41) is 1.06. The minimum absolute atomic E-state index is 0.694. The maximum Gasteiger partial charge on any atom is 0.144 e. The Morgan fingerprint density at radius 1 is 1.18 bits per heavy atom. The van der Waals surface area contributed by atoms with Crippen molar-refractivity contribution in [2.24, 2.45) is 0 Å². The Morgan fingerprint density at radius 3 is 2.82 bits per heavy atom. The number of nitrogens with zero attached hydrogens (tertiary/aromatic N) is 2. The van der Waals surface area contributed by atoms with E-state index in [-0.39, 0.29) is 0 Å². The number of hydrogen-bond acceptors (Lipinski definition) is 2. The van der Waals surface area contributed by atoms with Crippen LogP contribution in [0.4, 0.5) is 5.69 Å². The van der Waals surface area contributed by atoms with Gasteiger partial charge in [-0.25, -0.2) is 4.98 Å². The molecule has 3 rings (SSSR count). The lowest BCUT2D eigenvalue weighted by Crippen LogP contribution is -1.96. The van der Waals surface area contributed by atoms with Crippen molar-refractivity contribution >= 4 is 16.7 Å². The van der Waals surface area contributed by atoms with Crippen LogP contribution in [0.3, 0.4) is 0 Å². The van der Waals surface area contributed by atoms with Gasteiger partial charge in [-0.3, -0.25) is 0 Å². The van der Waals surface area contributed by atoms with Gasteiger partial charge in [0.2, 0.25) is 0 Å². The van der Waals surface area contributed by atoms with Crippen LogP contribution in [0.15, 0.2) is 48.8 Å². The van der Waals surface area contributed by atoms with Gasteiger partial charge >= 0.3 is 0 Å². The van der Waals surface area contributed by atoms with Gasteiger partial charge in [-0.1, -0.05) is 18.2 Å². The Balaban J connectivity index is 2.29. The van der Waals surface area contributed by atoms with Gasteiger partial charge in [-0.2, -0.15) is 0 Å². The first-order valence-corrected chi connectivity index (χ1v) is 5.54. The molecule has 0 atom stereocenters. The summed E-state index contributed by atoms with van der Waals surface area (Å²) in [5.74, 6) is 0. The van der Waals surface area contributed by atoms with Gasteiger partial charge in [0, 0.05) is 17.3 Å². The summed E-state index contributed by atoms with van der Waals surface area (Å²) in [6.07, 6.45) is 3.72. The molecule has 2 aromatic heterocycles. The third kappa shape index (κ3) is 1.56. The predicted octanol–water partition coefficient (Wildman–Crippen LogP) is 2.92. The average molecular weight is 223 g/mol. The van der Waals surface area contributed by atoms with Crippen LogP contribution in [-0.4, -0.2) is 9.55 Å². The molecule has 3 heteroatoms. The number of nitrogens with two attached hydrogens (primary N) is 1. The number of aromatic nitrogens is 2. The number of hydrogen-bond donors (Lipinski definition) is 1. The van der Waals surface area contributed by atoms with E-state index >= 15 is 0 Å². The molecule has 0 amide bonds. The first kappa shape index (κ1) is 9.90. The van der Waals surface area contributed by atoms with Gasteiger partial charge in [0.15, 0.2) is 0 Å². The van der Waals surface area contributed by atoms with Crippen LogP contribution >= 0.6 is 0 Å². The van der Waals surface area contributed by atoms with E-state index in [1.165, 1.54) is 5.56 Å². The number of aryl methyl sites for hydroxylation is 1. The molecule has 0 saturated carbocycles. The van der Waals surface area contributed by atoms with Gasteiger partial charge in [-0.15, -0.1) is 0 Å². The molecule has 0 saturated heterocycles. The Hall–Kier alpha value is -2.29. The molecule has 0 radical (unpaired) electrons. The molecule has 2 heterocycles. The molecule has 0 unspecified atom stereocenters. The summed E-state index contributed by atoms with van der Waals surface area (Å²) in [6, 6.07) is 12.2. The fraction of sp³-hybridized carbons (Fsp3) is 0.0714. The zero-order chi connectivity index (χ0) is 11.8. The summed E-state index contributed by atoms with van der Waals surface area (Å²) in [4.78, 5) is 4.40. The average Bonchev–Trinajstić information content (AvgIpc) is 2.72. The first-order valence-electron chi connectivity index (χ1n) is 5.54. The van der Waals surface area contributed by atoms with E-state index in [9.17, 15) is 0 Å². The fourth-order valence-electron chi connectivity index (χ4n) is 2.07. The monoisotopic (exact) mass is 223 g/mol. The van der Waals surface area contributed by atoms with E-state index in [0.717, 1.165) is 16.7 Å². The van der Waals surface area contributed by atoms with Crippen LogP contribution in [0.1, 0.15) is 5.56 Å². The van der Waals surface area contributed by atoms with E-state index in [4.69, 9.17) is 5.73 Å². The lowest BCUT2D eigenvalue weighted by Gasteiger charge is -2.07. The fourth-order valence-corrected chi connectivity index (χ4v) is 2.07. The molecule has 3 aromatic rings. The molecular formula is C14H13N3. The van der Waals surface area contributed by atoms with E-state index in [1.54, 1.807) is 6.20 Å².